The molecule has 0 unspecified atom stereocenters. The molecule has 0 atom stereocenters. The van der Waals surface area contributed by atoms with E-state index in [1.165, 1.54) is 12.1 Å². The molecular weight excluding hydrogens is 418 g/mol. The highest BCUT2D eigenvalue weighted by Gasteiger charge is 2.22. The Labute approximate surface area is 179 Å². The van der Waals surface area contributed by atoms with Crippen LogP contribution in [0.4, 0.5) is 5.69 Å². The molecule has 4 aromatic rings. The summed E-state index contributed by atoms with van der Waals surface area (Å²) in [5.74, 6) is 0.970. The molecule has 3 aromatic heterocycles. The summed E-state index contributed by atoms with van der Waals surface area (Å²) >= 11 is 0. The summed E-state index contributed by atoms with van der Waals surface area (Å²) in [4.78, 5) is 17.9. The van der Waals surface area contributed by atoms with Crippen molar-refractivity contribution in [1.29, 1.82) is 0 Å². The fourth-order valence-corrected chi connectivity index (χ4v) is 4.10. The van der Waals surface area contributed by atoms with Gasteiger partial charge in [0.1, 0.15) is 11.5 Å². The van der Waals surface area contributed by atoms with Crippen LogP contribution in [-0.2, 0) is 9.84 Å². The van der Waals surface area contributed by atoms with Crippen LogP contribution in [0.25, 0.3) is 22.4 Å². The number of carbonyl (C=O) groups is 1. The number of anilines is 1. The predicted molar refractivity (Wildman–Crippen MR) is 116 cm³/mol. The third kappa shape index (κ3) is 3.84. The van der Waals surface area contributed by atoms with Gasteiger partial charge in [-0.3, -0.25) is 4.79 Å². The van der Waals surface area contributed by atoms with Gasteiger partial charge < -0.3 is 14.3 Å². The van der Waals surface area contributed by atoms with Crippen LogP contribution in [0, 0.1) is 27.7 Å². The minimum Gasteiger partial charge on any atom is -0.466 e. The molecule has 1 aromatic carbocycles. The van der Waals surface area contributed by atoms with Gasteiger partial charge in [-0.15, -0.1) is 0 Å². The van der Waals surface area contributed by atoms with E-state index in [2.05, 4.69) is 15.5 Å². The van der Waals surface area contributed by atoms with Crippen molar-refractivity contribution in [1.82, 2.24) is 10.1 Å². The van der Waals surface area contributed by atoms with E-state index < -0.39 is 15.7 Å². The SMILES string of the molecule is Cc1cc(-c2cc(C(=O)Nc3cc(S(C)(=O)=O)ccc3C)c3c(C)noc3n2)c(C)o1. The van der Waals surface area contributed by atoms with Crippen molar-refractivity contribution in [3.8, 4) is 11.3 Å². The average Bonchev–Trinajstić information content (AvgIpc) is 3.23. The van der Waals surface area contributed by atoms with Gasteiger partial charge in [0.25, 0.3) is 11.6 Å². The number of hydrogen-bond acceptors (Lipinski definition) is 7. The number of rotatable bonds is 4. The molecule has 4 rings (SSSR count). The van der Waals surface area contributed by atoms with Crippen molar-refractivity contribution in [3.63, 3.8) is 0 Å². The monoisotopic (exact) mass is 439 g/mol. The van der Waals surface area contributed by atoms with Crippen LogP contribution in [0.2, 0.25) is 0 Å². The minimum absolute atomic E-state index is 0.125. The Bertz CT molecular complexity index is 1450. The molecular formula is C22H21N3O5S. The largest absolute Gasteiger partial charge is 0.466 e. The first-order chi connectivity index (χ1) is 14.5. The number of amides is 1. The molecule has 0 saturated carbocycles. The number of pyridine rings is 1. The second-order valence-corrected chi connectivity index (χ2v) is 9.55. The third-order valence-electron chi connectivity index (χ3n) is 5.06. The zero-order valence-corrected chi connectivity index (χ0v) is 18.5. The average molecular weight is 439 g/mol. The predicted octanol–water partition coefficient (Wildman–Crippen LogP) is 4.37. The number of carbonyl (C=O) groups excluding carboxylic acids is 1. The van der Waals surface area contributed by atoms with Gasteiger partial charge in [-0.25, -0.2) is 13.4 Å². The van der Waals surface area contributed by atoms with E-state index in [-0.39, 0.29) is 10.6 Å². The lowest BCUT2D eigenvalue weighted by Gasteiger charge is -2.11. The van der Waals surface area contributed by atoms with E-state index in [0.29, 0.717) is 33.8 Å². The normalized spacial score (nSPS) is 11.8. The van der Waals surface area contributed by atoms with E-state index in [1.54, 1.807) is 26.0 Å². The van der Waals surface area contributed by atoms with Gasteiger partial charge in [-0.05, 0) is 57.5 Å². The Morgan fingerprint density at radius 1 is 1.06 bits per heavy atom. The Morgan fingerprint density at radius 2 is 1.81 bits per heavy atom. The number of sulfone groups is 1. The van der Waals surface area contributed by atoms with Crippen molar-refractivity contribution in [3.05, 3.63) is 58.7 Å². The Kier molecular flexibility index (Phi) is 4.93. The molecule has 0 bridgehead atoms. The molecule has 0 spiro atoms. The number of hydrogen-bond donors (Lipinski definition) is 1. The van der Waals surface area contributed by atoms with Crippen LogP contribution in [-0.4, -0.2) is 30.7 Å². The van der Waals surface area contributed by atoms with Crippen molar-refractivity contribution >= 4 is 32.5 Å². The van der Waals surface area contributed by atoms with Crippen molar-refractivity contribution in [2.24, 2.45) is 0 Å². The van der Waals surface area contributed by atoms with Crippen LogP contribution < -0.4 is 5.32 Å². The van der Waals surface area contributed by atoms with Crippen LogP contribution in [0.1, 0.15) is 33.1 Å². The van der Waals surface area contributed by atoms with E-state index in [0.717, 1.165) is 23.1 Å². The second-order valence-electron chi connectivity index (χ2n) is 7.53. The maximum Gasteiger partial charge on any atom is 0.259 e. The number of nitrogens with one attached hydrogen (secondary N) is 1. The summed E-state index contributed by atoms with van der Waals surface area (Å²) in [5, 5.41) is 7.27. The lowest BCUT2D eigenvalue weighted by Crippen LogP contribution is -2.14. The van der Waals surface area contributed by atoms with E-state index in [4.69, 9.17) is 8.94 Å². The smallest absolute Gasteiger partial charge is 0.259 e. The van der Waals surface area contributed by atoms with Crippen molar-refractivity contribution in [2.75, 3.05) is 11.6 Å². The third-order valence-corrected chi connectivity index (χ3v) is 6.17. The summed E-state index contributed by atoms with van der Waals surface area (Å²) in [7, 11) is -3.42. The number of aromatic nitrogens is 2. The van der Waals surface area contributed by atoms with Crippen LogP contribution in [0.15, 0.2) is 44.2 Å². The van der Waals surface area contributed by atoms with Crippen LogP contribution in [0.3, 0.4) is 0 Å². The lowest BCUT2D eigenvalue weighted by molar-refractivity contribution is 0.102. The molecule has 31 heavy (non-hydrogen) atoms. The molecule has 1 amide bonds. The first-order valence-corrected chi connectivity index (χ1v) is 11.4. The van der Waals surface area contributed by atoms with Crippen LogP contribution >= 0.6 is 0 Å². The second kappa shape index (κ2) is 7.35. The molecule has 0 saturated heterocycles. The highest BCUT2D eigenvalue weighted by atomic mass is 32.2. The first-order valence-electron chi connectivity index (χ1n) is 9.51. The molecule has 0 aliphatic carbocycles. The van der Waals surface area contributed by atoms with Gasteiger partial charge >= 0.3 is 0 Å². The summed E-state index contributed by atoms with van der Waals surface area (Å²) in [6, 6.07) is 8.12. The summed E-state index contributed by atoms with van der Waals surface area (Å²) in [5.41, 5.74) is 3.49. The molecule has 0 aliphatic heterocycles. The number of benzene rings is 1. The highest BCUT2D eigenvalue weighted by Crippen LogP contribution is 2.31. The highest BCUT2D eigenvalue weighted by molar-refractivity contribution is 7.90. The fourth-order valence-electron chi connectivity index (χ4n) is 3.45. The van der Waals surface area contributed by atoms with E-state index in [1.807, 2.05) is 19.9 Å². The Balaban J connectivity index is 1.83. The van der Waals surface area contributed by atoms with E-state index >= 15 is 0 Å². The molecule has 3 heterocycles. The molecule has 8 nitrogen and oxygen atoms in total. The van der Waals surface area contributed by atoms with E-state index in [9.17, 15) is 13.2 Å². The maximum atomic E-state index is 13.3. The van der Waals surface area contributed by atoms with Gasteiger partial charge in [0.2, 0.25) is 0 Å². The van der Waals surface area contributed by atoms with Gasteiger partial charge in [0, 0.05) is 17.5 Å². The molecule has 160 valence electrons. The summed E-state index contributed by atoms with van der Waals surface area (Å²) in [6.45, 7) is 7.17. The van der Waals surface area contributed by atoms with Gasteiger partial charge in [-0.2, -0.15) is 0 Å². The number of fused-ring (bicyclic) bond motifs is 1. The minimum atomic E-state index is -3.42. The molecule has 9 heteroatoms. The van der Waals surface area contributed by atoms with Crippen molar-refractivity contribution in [2.45, 2.75) is 32.6 Å². The maximum absolute atomic E-state index is 13.3. The number of aryl methyl sites for hydroxylation is 4. The summed E-state index contributed by atoms with van der Waals surface area (Å²) < 4.78 is 34.8. The molecule has 0 aliphatic rings. The molecule has 1 N–H and O–H groups in total. The number of nitrogens with zero attached hydrogens (tertiary/aromatic N) is 2. The zero-order valence-electron chi connectivity index (χ0n) is 17.7. The molecule has 0 radical (unpaired) electrons. The standard InChI is InChI=1S/C22H21N3O5S/c1-11-6-7-15(31(5,27)28)9-18(11)23-21(26)17-10-19(16-8-12(2)29-14(16)4)24-22-20(17)13(3)25-30-22/h6-10H,1-5H3,(H,23,26). The number of furan rings is 1. The van der Waals surface area contributed by atoms with Crippen molar-refractivity contribution < 1.29 is 22.2 Å². The zero-order chi connectivity index (χ0) is 22.5. The van der Waals surface area contributed by atoms with Gasteiger partial charge in [0.15, 0.2) is 9.84 Å². The fraction of sp³-hybridized carbons (Fsp3) is 0.227. The summed E-state index contributed by atoms with van der Waals surface area (Å²) in [6.07, 6.45) is 1.12. The molecule has 0 fully saturated rings. The topological polar surface area (TPSA) is 115 Å². The first kappa shape index (κ1) is 20.8. The Morgan fingerprint density at radius 3 is 2.45 bits per heavy atom. The van der Waals surface area contributed by atoms with Gasteiger partial charge in [-0.1, -0.05) is 11.2 Å². The Hall–Kier alpha value is -3.46. The quantitative estimate of drug-likeness (QED) is 0.502. The van der Waals surface area contributed by atoms with Gasteiger partial charge in [0.05, 0.1) is 27.2 Å². The van der Waals surface area contributed by atoms with Crippen LogP contribution in [0.5, 0.6) is 0 Å². The lowest BCUT2D eigenvalue weighted by atomic mass is 10.0.